The second-order valence-electron chi connectivity index (χ2n) is 6.93. The van der Waals surface area contributed by atoms with Gasteiger partial charge in [-0.1, -0.05) is 19.1 Å². The summed E-state index contributed by atoms with van der Waals surface area (Å²) in [5.74, 6) is -0.00380. The number of carbonyl (C=O) groups is 2. The van der Waals surface area contributed by atoms with Gasteiger partial charge in [0, 0.05) is 11.6 Å². The Hall–Kier alpha value is -3.22. The van der Waals surface area contributed by atoms with Crippen molar-refractivity contribution in [3.8, 4) is 11.8 Å². The van der Waals surface area contributed by atoms with Gasteiger partial charge in [-0.15, -0.1) is 0 Å². The van der Waals surface area contributed by atoms with E-state index in [1.54, 1.807) is 48.5 Å². The van der Waals surface area contributed by atoms with Crippen molar-refractivity contribution >= 4 is 30.4 Å². The minimum atomic E-state index is -0.653. The first-order valence-corrected chi connectivity index (χ1v) is 10.7. The van der Waals surface area contributed by atoms with E-state index in [0.717, 1.165) is 5.56 Å². The van der Waals surface area contributed by atoms with Crippen molar-refractivity contribution < 1.29 is 28.9 Å². The Bertz CT molecular complexity index is 912. The molecule has 9 heteroatoms. The molecule has 0 unspecified atom stereocenters. The van der Waals surface area contributed by atoms with Crippen molar-refractivity contribution in [2.24, 2.45) is 5.92 Å². The molecule has 0 bridgehead atoms. The van der Waals surface area contributed by atoms with Gasteiger partial charge in [0.05, 0.1) is 30.6 Å². The van der Waals surface area contributed by atoms with Gasteiger partial charge in [-0.05, 0) is 48.4 Å². The molecule has 0 saturated heterocycles. The third-order valence-corrected chi connectivity index (χ3v) is 4.80. The standard InChI is InChI=1S/C23H26N2O6S/c1-16(10-12-30-21(27)15-32)22(18-4-8-20(9-5-18)29-13-11-26)31-23(28)25-19-6-2-17(14-24)3-7-19/h2-9,16,22,26,32H,10-13,15H2,1H3,(H,25,28)/t16-,22-/m1/s1. The first-order valence-electron chi connectivity index (χ1n) is 10.0. The lowest BCUT2D eigenvalue weighted by atomic mass is 9.94. The normalized spacial score (nSPS) is 12.2. The number of nitrogens with one attached hydrogen (secondary N) is 1. The summed E-state index contributed by atoms with van der Waals surface area (Å²) >= 11 is 3.88. The molecule has 8 nitrogen and oxygen atoms in total. The van der Waals surface area contributed by atoms with E-state index in [0.29, 0.717) is 23.4 Å². The molecule has 0 aliphatic carbocycles. The van der Waals surface area contributed by atoms with Crippen molar-refractivity contribution in [1.29, 1.82) is 5.26 Å². The molecular formula is C23H26N2O6S. The second kappa shape index (κ2) is 13.2. The van der Waals surface area contributed by atoms with Crippen LogP contribution in [0.1, 0.15) is 30.6 Å². The molecule has 32 heavy (non-hydrogen) atoms. The summed E-state index contributed by atoms with van der Waals surface area (Å²) in [4.78, 5) is 23.9. The van der Waals surface area contributed by atoms with E-state index in [4.69, 9.17) is 24.6 Å². The van der Waals surface area contributed by atoms with Gasteiger partial charge in [-0.2, -0.15) is 17.9 Å². The number of benzene rings is 2. The number of hydrogen-bond acceptors (Lipinski definition) is 8. The number of amides is 1. The summed E-state index contributed by atoms with van der Waals surface area (Å²) in [5, 5.41) is 20.4. The van der Waals surface area contributed by atoms with E-state index in [1.807, 2.05) is 13.0 Å². The fraction of sp³-hybridized carbons (Fsp3) is 0.348. The predicted molar refractivity (Wildman–Crippen MR) is 122 cm³/mol. The third-order valence-electron chi connectivity index (χ3n) is 4.55. The zero-order chi connectivity index (χ0) is 23.3. The van der Waals surface area contributed by atoms with Crippen LogP contribution in [0.5, 0.6) is 5.75 Å². The van der Waals surface area contributed by atoms with Gasteiger partial charge in [-0.3, -0.25) is 10.1 Å². The average molecular weight is 459 g/mol. The van der Waals surface area contributed by atoms with E-state index in [9.17, 15) is 9.59 Å². The number of nitrogens with zero attached hydrogens (tertiary/aromatic N) is 1. The highest BCUT2D eigenvalue weighted by atomic mass is 32.1. The maximum Gasteiger partial charge on any atom is 0.412 e. The molecule has 0 heterocycles. The topological polar surface area (TPSA) is 118 Å². The molecule has 1 amide bonds. The number of anilines is 1. The first-order chi connectivity index (χ1) is 15.5. The van der Waals surface area contributed by atoms with Crippen LogP contribution in [0, 0.1) is 17.2 Å². The zero-order valence-electron chi connectivity index (χ0n) is 17.7. The molecule has 0 fully saturated rings. The van der Waals surface area contributed by atoms with Crippen LogP contribution in [0.4, 0.5) is 10.5 Å². The molecule has 170 valence electrons. The Morgan fingerprint density at radius 2 is 1.81 bits per heavy atom. The van der Waals surface area contributed by atoms with E-state index in [-0.39, 0.29) is 31.5 Å². The van der Waals surface area contributed by atoms with E-state index < -0.39 is 18.2 Å². The number of aliphatic hydroxyl groups is 1. The van der Waals surface area contributed by atoms with E-state index in [2.05, 4.69) is 17.9 Å². The van der Waals surface area contributed by atoms with Crippen molar-refractivity contribution in [1.82, 2.24) is 0 Å². The van der Waals surface area contributed by atoms with Crippen LogP contribution in [0.25, 0.3) is 0 Å². The monoisotopic (exact) mass is 458 g/mol. The fourth-order valence-electron chi connectivity index (χ4n) is 2.88. The number of carbonyl (C=O) groups excluding carboxylic acids is 2. The largest absolute Gasteiger partial charge is 0.491 e. The fourth-order valence-corrected chi connectivity index (χ4v) is 2.97. The molecule has 0 aliphatic rings. The van der Waals surface area contributed by atoms with Crippen LogP contribution in [0.3, 0.4) is 0 Å². The first kappa shape index (κ1) is 25.0. The lowest BCUT2D eigenvalue weighted by Crippen LogP contribution is -2.23. The van der Waals surface area contributed by atoms with Gasteiger partial charge in [0.15, 0.2) is 0 Å². The summed E-state index contributed by atoms with van der Waals surface area (Å²) in [6.45, 7) is 2.16. The van der Waals surface area contributed by atoms with Crippen LogP contribution in [0.2, 0.25) is 0 Å². The molecule has 2 N–H and O–H groups in total. The van der Waals surface area contributed by atoms with Crippen molar-refractivity contribution in [2.75, 3.05) is 30.9 Å². The molecule has 0 aliphatic heterocycles. The van der Waals surface area contributed by atoms with Crippen molar-refractivity contribution in [3.63, 3.8) is 0 Å². The molecule has 2 rings (SSSR count). The van der Waals surface area contributed by atoms with Gasteiger partial charge in [0.25, 0.3) is 0 Å². The summed E-state index contributed by atoms with van der Waals surface area (Å²) in [5.41, 5.74) is 1.72. The number of hydrogen-bond donors (Lipinski definition) is 3. The van der Waals surface area contributed by atoms with Gasteiger partial charge in [-0.25, -0.2) is 4.79 Å². The summed E-state index contributed by atoms with van der Waals surface area (Å²) in [6.07, 6.45) is -0.800. The number of thiol groups is 1. The molecule has 0 spiro atoms. The number of aliphatic hydroxyl groups excluding tert-OH is 1. The number of nitriles is 1. The third kappa shape index (κ3) is 8.13. The molecule has 0 radical (unpaired) electrons. The minimum absolute atomic E-state index is 0.00336. The Balaban J connectivity index is 2.10. The molecule has 2 atom stereocenters. The highest BCUT2D eigenvalue weighted by Gasteiger charge is 2.24. The summed E-state index contributed by atoms with van der Waals surface area (Å²) in [7, 11) is 0. The van der Waals surface area contributed by atoms with Crippen LogP contribution in [-0.2, 0) is 14.3 Å². The maximum absolute atomic E-state index is 12.5. The van der Waals surface area contributed by atoms with Gasteiger partial charge in [0.1, 0.15) is 18.5 Å². The quantitative estimate of drug-likeness (QED) is 0.347. The minimum Gasteiger partial charge on any atom is -0.491 e. The number of esters is 1. The Morgan fingerprint density at radius 3 is 2.41 bits per heavy atom. The highest BCUT2D eigenvalue weighted by molar-refractivity contribution is 7.81. The van der Waals surface area contributed by atoms with Crippen molar-refractivity contribution in [2.45, 2.75) is 19.4 Å². The van der Waals surface area contributed by atoms with E-state index >= 15 is 0 Å². The van der Waals surface area contributed by atoms with Crippen LogP contribution < -0.4 is 10.1 Å². The van der Waals surface area contributed by atoms with Crippen molar-refractivity contribution in [3.05, 3.63) is 59.7 Å². The lowest BCUT2D eigenvalue weighted by Gasteiger charge is -2.25. The molecule has 0 saturated carbocycles. The van der Waals surface area contributed by atoms with Gasteiger partial charge in [0.2, 0.25) is 0 Å². The van der Waals surface area contributed by atoms with Crippen LogP contribution >= 0.6 is 12.6 Å². The molecule has 2 aromatic rings. The lowest BCUT2D eigenvalue weighted by molar-refractivity contribution is -0.141. The van der Waals surface area contributed by atoms with Crippen LogP contribution in [0.15, 0.2) is 48.5 Å². The number of rotatable bonds is 11. The SMILES string of the molecule is C[C@H](CCOC(=O)CS)[C@@H](OC(=O)Nc1ccc(C#N)cc1)c1ccc(OCCO)cc1. The molecular weight excluding hydrogens is 432 g/mol. The Labute approximate surface area is 192 Å². The van der Waals surface area contributed by atoms with Crippen LogP contribution in [-0.4, -0.2) is 42.7 Å². The summed E-state index contributed by atoms with van der Waals surface area (Å²) in [6, 6.07) is 15.5. The predicted octanol–water partition coefficient (Wildman–Crippen LogP) is 3.72. The number of ether oxygens (including phenoxy) is 3. The Kier molecular flexibility index (Phi) is 10.4. The second-order valence-corrected chi connectivity index (χ2v) is 7.24. The average Bonchev–Trinajstić information content (AvgIpc) is 2.81. The maximum atomic E-state index is 12.5. The zero-order valence-corrected chi connectivity index (χ0v) is 18.6. The smallest absolute Gasteiger partial charge is 0.412 e. The molecule has 0 aromatic heterocycles. The summed E-state index contributed by atoms with van der Waals surface area (Å²) < 4.78 is 16.2. The van der Waals surface area contributed by atoms with E-state index in [1.165, 1.54) is 0 Å². The molecule has 2 aromatic carbocycles. The van der Waals surface area contributed by atoms with Gasteiger partial charge >= 0.3 is 12.1 Å². The van der Waals surface area contributed by atoms with Gasteiger partial charge < -0.3 is 19.3 Å². The Morgan fingerprint density at radius 1 is 1.12 bits per heavy atom. The highest BCUT2D eigenvalue weighted by Crippen LogP contribution is 2.30.